The molecule has 0 fully saturated rings. The first-order valence-corrected chi connectivity index (χ1v) is 3.81. The highest BCUT2D eigenvalue weighted by molar-refractivity contribution is 5.18. The predicted octanol–water partition coefficient (Wildman–Crippen LogP) is 0.698. The number of nitrogens with zero attached hydrogens (tertiary/aromatic N) is 1. The van der Waals surface area contributed by atoms with Crippen LogP contribution >= 0.6 is 0 Å². The average Bonchev–Trinajstić information content (AvgIpc) is 2.15. The van der Waals surface area contributed by atoms with Gasteiger partial charge in [0, 0.05) is 0 Å². The Labute approximate surface area is 75.8 Å². The topological polar surface area (TPSA) is 79.0 Å². The van der Waals surface area contributed by atoms with E-state index in [1.165, 1.54) is 0 Å². The molecule has 0 saturated heterocycles. The summed E-state index contributed by atoms with van der Waals surface area (Å²) in [6.07, 6.45) is 0. The van der Waals surface area contributed by atoms with Crippen molar-refractivity contribution in [2.45, 2.75) is 6.04 Å². The second-order valence-corrected chi connectivity index (χ2v) is 2.57. The molecule has 5 nitrogen and oxygen atoms in total. The smallest absolute Gasteiger partial charge is 0.0928 e. The Morgan fingerprint density at radius 1 is 1.31 bits per heavy atom. The largest absolute Gasteiger partial charge is 0.322 e. The highest BCUT2D eigenvalue weighted by atomic mass is 17.1. The lowest BCUT2D eigenvalue weighted by Crippen LogP contribution is -2.23. The van der Waals surface area contributed by atoms with Crippen molar-refractivity contribution in [1.29, 1.82) is 0 Å². The van der Waals surface area contributed by atoms with Gasteiger partial charge in [0.25, 0.3) is 0 Å². The number of benzene rings is 1. The van der Waals surface area contributed by atoms with Crippen molar-refractivity contribution in [2.75, 3.05) is 6.61 Å². The number of rotatable bonds is 4. The molecule has 1 aromatic rings. The van der Waals surface area contributed by atoms with Crippen molar-refractivity contribution >= 4 is 0 Å². The average molecular weight is 184 g/mol. The summed E-state index contributed by atoms with van der Waals surface area (Å²) < 4.78 is 0. The van der Waals surface area contributed by atoms with Gasteiger partial charge in [-0.25, -0.2) is 4.84 Å². The minimum Gasteiger partial charge on any atom is -0.322 e. The van der Waals surface area contributed by atoms with Crippen LogP contribution in [0.2, 0.25) is 0 Å². The molecule has 72 valence electrons. The maximum atomic E-state index is 8.26. The Bertz CT molecular complexity index is 240. The van der Waals surface area contributed by atoms with Crippen LogP contribution in [0.5, 0.6) is 0 Å². The molecule has 0 aliphatic heterocycles. The molecular weight excluding hydrogens is 172 g/mol. The molecule has 0 unspecified atom stereocenters. The van der Waals surface area contributed by atoms with Gasteiger partial charge >= 0.3 is 0 Å². The summed E-state index contributed by atoms with van der Waals surface area (Å²) in [4.78, 5) is 4.38. The van der Waals surface area contributed by atoms with Gasteiger partial charge in [0.05, 0.1) is 18.0 Å². The van der Waals surface area contributed by atoms with Crippen LogP contribution in [0.25, 0.3) is 0 Å². The quantitative estimate of drug-likeness (QED) is 0.600. The summed E-state index contributed by atoms with van der Waals surface area (Å²) in [6, 6.07) is 8.89. The molecule has 0 aliphatic rings. The third kappa shape index (κ3) is 3.49. The Kier molecular flexibility index (Phi) is 3.81. The van der Waals surface area contributed by atoms with Gasteiger partial charge in [-0.05, 0) is 5.56 Å². The van der Waals surface area contributed by atoms with Crippen LogP contribution in [0, 0.1) is 0 Å². The van der Waals surface area contributed by atoms with E-state index in [1.807, 2.05) is 30.3 Å². The zero-order valence-corrected chi connectivity index (χ0v) is 7.00. The van der Waals surface area contributed by atoms with E-state index < -0.39 is 0 Å². The van der Waals surface area contributed by atoms with Gasteiger partial charge in [-0.1, -0.05) is 30.3 Å². The predicted molar refractivity (Wildman–Crippen MR) is 44.7 cm³/mol. The molecule has 0 spiro atoms. The molecule has 1 aromatic carbocycles. The van der Waals surface area contributed by atoms with Crippen molar-refractivity contribution in [3.05, 3.63) is 35.9 Å². The van der Waals surface area contributed by atoms with Crippen LogP contribution in [0.4, 0.5) is 0 Å². The van der Waals surface area contributed by atoms with Crippen LogP contribution in [0.15, 0.2) is 30.3 Å². The first-order chi connectivity index (χ1) is 6.20. The van der Waals surface area contributed by atoms with Crippen molar-refractivity contribution in [3.63, 3.8) is 0 Å². The van der Waals surface area contributed by atoms with Crippen LogP contribution in [0.1, 0.15) is 11.6 Å². The lowest BCUT2D eigenvalue weighted by atomic mass is 10.1. The van der Waals surface area contributed by atoms with Crippen LogP contribution < -0.4 is 5.73 Å². The highest BCUT2D eigenvalue weighted by Gasteiger charge is 2.06. The Morgan fingerprint density at radius 3 is 2.46 bits per heavy atom. The van der Waals surface area contributed by atoms with E-state index in [0.29, 0.717) is 0 Å². The minimum absolute atomic E-state index is 0.0109. The van der Waals surface area contributed by atoms with Gasteiger partial charge in [-0.3, -0.25) is 10.4 Å². The summed E-state index contributed by atoms with van der Waals surface area (Å²) in [7, 11) is 0. The van der Waals surface area contributed by atoms with Gasteiger partial charge in [0.15, 0.2) is 0 Å². The summed E-state index contributed by atoms with van der Waals surface area (Å²) in [5.41, 5.74) is 6.55. The number of hydrogen-bond donors (Lipinski definition) is 3. The Morgan fingerprint density at radius 2 is 1.92 bits per heavy atom. The molecule has 1 rings (SSSR count). The fourth-order valence-electron chi connectivity index (χ4n) is 0.943. The maximum absolute atomic E-state index is 8.26. The van der Waals surface area contributed by atoms with E-state index in [9.17, 15) is 0 Å². The van der Waals surface area contributed by atoms with Crippen molar-refractivity contribution in [2.24, 2.45) is 5.73 Å². The third-order valence-electron chi connectivity index (χ3n) is 1.60. The molecule has 0 heterocycles. The molecule has 0 bridgehead atoms. The van der Waals surface area contributed by atoms with Crippen LogP contribution in [0.3, 0.4) is 0 Å². The Balaban J connectivity index is 2.44. The lowest BCUT2D eigenvalue weighted by molar-refractivity contribution is -0.493. The first-order valence-electron chi connectivity index (χ1n) is 3.81. The van der Waals surface area contributed by atoms with Crippen molar-refractivity contribution in [3.8, 4) is 0 Å². The summed E-state index contributed by atoms with van der Waals surface area (Å²) >= 11 is 0. The summed E-state index contributed by atoms with van der Waals surface area (Å²) in [6.45, 7) is 0.0109. The van der Waals surface area contributed by atoms with E-state index in [2.05, 4.69) is 4.84 Å². The zero-order valence-electron chi connectivity index (χ0n) is 7.00. The van der Waals surface area contributed by atoms with Crippen molar-refractivity contribution in [1.82, 2.24) is 5.39 Å². The molecule has 1 atom stereocenters. The van der Waals surface area contributed by atoms with Gasteiger partial charge in [0.1, 0.15) is 0 Å². The lowest BCUT2D eigenvalue weighted by Gasteiger charge is -2.12. The fraction of sp³-hybridized carbons (Fsp3) is 0.250. The molecule has 0 aromatic heterocycles. The van der Waals surface area contributed by atoms with E-state index in [0.717, 1.165) is 5.56 Å². The normalized spacial score (nSPS) is 13.2. The molecule has 0 radical (unpaired) electrons. The van der Waals surface area contributed by atoms with E-state index in [4.69, 9.17) is 16.1 Å². The SMILES string of the molecule is N[C@@H](CON(O)O)c1ccccc1. The fourth-order valence-corrected chi connectivity index (χ4v) is 0.943. The molecule has 13 heavy (non-hydrogen) atoms. The van der Waals surface area contributed by atoms with Crippen LogP contribution in [-0.2, 0) is 4.84 Å². The first kappa shape index (κ1) is 10.1. The van der Waals surface area contributed by atoms with Crippen molar-refractivity contribution < 1.29 is 15.3 Å². The van der Waals surface area contributed by atoms with E-state index in [1.54, 1.807) is 0 Å². The second kappa shape index (κ2) is 4.90. The van der Waals surface area contributed by atoms with Crippen LogP contribution in [-0.4, -0.2) is 22.4 Å². The second-order valence-electron chi connectivity index (χ2n) is 2.57. The number of nitrogens with two attached hydrogens (primary N) is 1. The summed E-state index contributed by atoms with van der Waals surface area (Å²) in [5.74, 6) is 0. The molecule has 0 amide bonds. The monoisotopic (exact) mass is 184 g/mol. The van der Waals surface area contributed by atoms with Gasteiger partial charge in [-0.2, -0.15) is 0 Å². The maximum Gasteiger partial charge on any atom is 0.0928 e. The van der Waals surface area contributed by atoms with E-state index >= 15 is 0 Å². The summed E-state index contributed by atoms with van der Waals surface area (Å²) in [5, 5.41) is 16.2. The third-order valence-corrected chi connectivity index (χ3v) is 1.60. The van der Waals surface area contributed by atoms with E-state index in [-0.39, 0.29) is 18.0 Å². The highest BCUT2D eigenvalue weighted by Crippen LogP contribution is 2.09. The molecular formula is C8H12N2O3. The van der Waals surface area contributed by atoms with Gasteiger partial charge in [0.2, 0.25) is 0 Å². The van der Waals surface area contributed by atoms with Gasteiger partial charge in [-0.15, -0.1) is 0 Å². The molecule has 5 heteroatoms. The Hall–Kier alpha value is -0.980. The number of hydrogen-bond acceptors (Lipinski definition) is 5. The molecule has 4 N–H and O–H groups in total. The molecule has 0 saturated carbocycles. The zero-order chi connectivity index (χ0) is 9.68. The minimum atomic E-state index is -0.372. The standard InChI is InChI=1S/C8H12N2O3/c9-8(6-13-10(11)12)7-4-2-1-3-5-7/h1-5,8,11-12H,6,9H2/t8-/m0/s1. The van der Waals surface area contributed by atoms with Gasteiger partial charge < -0.3 is 5.73 Å². The molecule has 0 aliphatic carbocycles.